The van der Waals surface area contributed by atoms with Crippen molar-refractivity contribution in [2.75, 3.05) is 38.3 Å². The minimum atomic E-state index is -0.305. The van der Waals surface area contributed by atoms with Crippen LogP contribution in [0.3, 0.4) is 0 Å². The van der Waals surface area contributed by atoms with Crippen molar-refractivity contribution in [3.63, 3.8) is 0 Å². The molecule has 1 aliphatic heterocycles. The number of anilines is 1. The van der Waals surface area contributed by atoms with Gasteiger partial charge in [-0.25, -0.2) is 4.98 Å². The van der Waals surface area contributed by atoms with E-state index in [2.05, 4.69) is 28.6 Å². The summed E-state index contributed by atoms with van der Waals surface area (Å²) >= 11 is 0. The summed E-state index contributed by atoms with van der Waals surface area (Å²) in [5.41, 5.74) is 1.15. The average Bonchev–Trinajstić information content (AvgIpc) is 2.55. The monoisotopic (exact) mass is 292 g/mol. The topological polar surface area (TPSA) is 66.5 Å². The summed E-state index contributed by atoms with van der Waals surface area (Å²) in [6.45, 7) is 5.67. The Balaban J connectivity index is 2.03. The molecule has 0 spiro atoms. The lowest BCUT2D eigenvalue weighted by Crippen LogP contribution is -2.53. The second kappa shape index (κ2) is 7.95. The molecule has 1 amide bonds. The van der Waals surface area contributed by atoms with Crippen LogP contribution in [0.5, 0.6) is 0 Å². The lowest BCUT2D eigenvalue weighted by Gasteiger charge is -2.35. The van der Waals surface area contributed by atoms with Crippen LogP contribution in [0.1, 0.15) is 18.9 Å². The van der Waals surface area contributed by atoms with Crippen LogP contribution in [0, 0.1) is 0 Å². The van der Waals surface area contributed by atoms with Crippen LogP contribution in [-0.2, 0) is 16.1 Å². The third-order valence-corrected chi connectivity index (χ3v) is 3.54. The Hall–Kier alpha value is -1.66. The number of pyridine rings is 1. The van der Waals surface area contributed by atoms with Crippen molar-refractivity contribution in [2.24, 2.45) is 0 Å². The Kier molecular flexibility index (Phi) is 5.95. The summed E-state index contributed by atoms with van der Waals surface area (Å²) in [5.74, 6) is 0.788. The van der Waals surface area contributed by atoms with Crippen LogP contribution in [-0.4, -0.2) is 50.3 Å². The first-order chi connectivity index (χ1) is 10.3. The molecule has 1 fully saturated rings. The van der Waals surface area contributed by atoms with Gasteiger partial charge in [0.05, 0.1) is 13.2 Å². The van der Waals surface area contributed by atoms with Crippen molar-refractivity contribution in [3.05, 3.63) is 23.9 Å². The van der Waals surface area contributed by atoms with Gasteiger partial charge in [-0.3, -0.25) is 4.79 Å². The number of rotatable bonds is 6. The lowest BCUT2D eigenvalue weighted by atomic mass is 10.2. The molecule has 0 saturated carbocycles. The lowest BCUT2D eigenvalue weighted by molar-refractivity contribution is -0.124. The van der Waals surface area contributed by atoms with Crippen LogP contribution in [0.4, 0.5) is 5.82 Å². The third kappa shape index (κ3) is 4.15. The van der Waals surface area contributed by atoms with E-state index in [1.54, 1.807) is 7.05 Å². The van der Waals surface area contributed by atoms with Crippen molar-refractivity contribution in [3.8, 4) is 0 Å². The van der Waals surface area contributed by atoms with Gasteiger partial charge in [0.15, 0.2) is 0 Å². The molecule has 1 unspecified atom stereocenters. The molecule has 1 aliphatic rings. The molecule has 1 aromatic heterocycles. The molecule has 2 heterocycles. The van der Waals surface area contributed by atoms with E-state index in [1.807, 2.05) is 17.2 Å². The highest BCUT2D eigenvalue weighted by molar-refractivity contribution is 5.85. The maximum Gasteiger partial charge on any atom is 0.244 e. The molecular weight excluding hydrogens is 268 g/mol. The molecule has 0 aromatic carbocycles. The van der Waals surface area contributed by atoms with Crippen LogP contribution in [0.25, 0.3) is 0 Å². The molecule has 1 saturated heterocycles. The summed E-state index contributed by atoms with van der Waals surface area (Å²) in [5, 5.41) is 6.03. The van der Waals surface area contributed by atoms with Gasteiger partial charge in [-0.2, -0.15) is 0 Å². The Bertz CT molecular complexity index is 449. The summed E-state index contributed by atoms with van der Waals surface area (Å²) in [4.78, 5) is 18.4. The minimum Gasteiger partial charge on any atom is -0.377 e. The Labute approximate surface area is 125 Å². The molecule has 21 heavy (non-hydrogen) atoms. The van der Waals surface area contributed by atoms with Crippen LogP contribution in [0.2, 0.25) is 0 Å². The first-order valence-corrected chi connectivity index (χ1v) is 7.48. The van der Waals surface area contributed by atoms with E-state index in [0.717, 1.165) is 30.9 Å². The first kappa shape index (κ1) is 15.7. The number of nitrogens with zero attached hydrogens (tertiary/aromatic N) is 2. The van der Waals surface area contributed by atoms with Crippen molar-refractivity contribution in [1.29, 1.82) is 0 Å². The molecule has 0 aliphatic carbocycles. The highest BCUT2D eigenvalue weighted by Crippen LogP contribution is 2.17. The van der Waals surface area contributed by atoms with Crippen molar-refractivity contribution in [1.82, 2.24) is 15.6 Å². The normalized spacial score (nSPS) is 18.6. The predicted octanol–water partition coefficient (Wildman–Crippen LogP) is 0.532. The van der Waals surface area contributed by atoms with Gasteiger partial charge < -0.3 is 20.3 Å². The van der Waals surface area contributed by atoms with Crippen LogP contribution >= 0.6 is 0 Å². The fourth-order valence-electron chi connectivity index (χ4n) is 2.36. The van der Waals surface area contributed by atoms with Crippen LogP contribution in [0.15, 0.2) is 18.3 Å². The maximum absolute atomic E-state index is 11.9. The molecule has 2 rings (SSSR count). The molecule has 116 valence electrons. The van der Waals surface area contributed by atoms with Gasteiger partial charge >= 0.3 is 0 Å². The zero-order valence-corrected chi connectivity index (χ0v) is 12.8. The number of ether oxygens (including phenoxy) is 1. The van der Waals surface area contributed by atoms with Gasteiger partial charge in [0.2, 0.25) is 5.91 Å². The number of morpholine rings is 1. The van der Waals surface area contributed by atoms with Gasteiger partial charge in [0.25, 0.3) is 0 Å². The van der Waals surface area contributed by atoms with Gasteiger partial charge in [-0.1, -0.05) is 13.0 Å². The number of carbonyl (C=O) groups excluding carboxylic acids is 1. The zero-order chi connectivity index (χ0) is 15.1. The standard InChI is InChI=1S/C15H24N4O2/c1-3-6-17-9-12-4-5-14(18-10-12)19-7-8-21-11-13(19)15(20)16-2/h4-5,10,13,17H,3,6-9,11H2,1-2H3,(H,16,20). The molecule has 6 nitrogen and oxygen atoms in total. The van der Waals surface area contributed by atoms with Gasteiger partial charge in [0, 0.05) is 26.3 Å². The van der Waals surface area contributed by atoms with Crippen molar-refractivity contribution < 1.29 is 9.53 Å². The number of carbonyl (C=O) groups is 1. The summed E-state index contributed by atoms with van der Waals surface area (Å²) < 4.78 is 5.41. The number of hydrogen-bond donors (Lipinski definition) is 2. The number of amides is 1. The SMILES string of the molecule is CCCNCc1ccc(N2CCOCC2C(=O)NC)nc1. The molecular formula is C15H24N4O2. The van der Waals surface area contributed by atoms with E-state index in [9.17, 15) is 4.79 Å². The second-order valence-electron chi connectivity index (χ2n) is 5.10. The summed E-state index contributed by atoms with van der Waals surface area (Å²) in [6, 6.07) is 3.73. The largest absolute Gasteiger partial charge is 0.377 e. The summed E-state index contributed by atoms with van der Waals surface area (Å²) in [7, 11) is 1.64. The molecule has 0 bridgehead atoms. The molecule has 1 atom stereocenters. The van der Waals surface area contributed by atoms with E-state index in [-0.39, 0.29) is 11.9 Å². The smallest absolute Gasteiger partial charge is 0.244 e. The van der Waals surface area contributed by atoms with Gasteiger partial charge in [0.1, 0.15) is 11.9 Å². The fraction of sp³-hybridized carbons (Fsp3) is 0.600. The minimum absolute atomic E-state index is 0.0369. The first-order valence-electron chi connectivity index (χ1n) is 7.48. The predicted molar refractivity (Wildman–Crippen MR) is 82.3 cm³/mol. The highest BCUT2D eigenvalue weighted by atomic mass is 16.5. The molecule has 6 heteroatoms. The summed E-state index contributed by atoms with van der Waals surface area (Å²) in [6.07, 6.45) is 2.99. The highest BCUT2D eigenvalue weighted by Gasteiger charge is 2.29. The van der Waals surface area contributed by atoms with Gasteiger partial charge in [-0.15, -0.1) is 0 Å². The number of nitrogens with one attached hydrogen (secondary N) is 2. The molecule has 1 aromatic rings. The molecule has 2 N–H and O–H groups in total. The Morgan fingerprint density at radius 2 is 2.38 bits per heavy atom. The second-order valence-corrected chi connectivity index (χ2v) is 5.10. The number of hydrogen-bond acceptors (Lipinski definition) is 5. The van der Waals surface area contributed by atoms with Crippen molar-refractivity contribution in [2.45, 2.75) is 25.9 Å². The number of aromatic nitrogens is 1. The Morgan fingerprint density at radius 3 is 3.05 bits per heavy atom. The van der Waals surface area contributed by atoms with E-state index in [4.69, 9.17) is 4.74 Å². The fourth-order valence-corrected chi connectivity index (χ4v) is 2.36. The average molecular weight is 292 g/mol. The quantitative estimate of drug-likeness (QED) is 0.749. The maximum atomic E-state index is 11.9. The number of likely N-dealkylation sites (N-methyl/N-ethyl adjacent to an activating group) is 1. The molecule has 0 radical (unpaired) electrons. The zero-order valence-electron chi connectivity index (χ0n) is 12.8. The van der Waals surface area contributed by atoms with E-state index in [0.29, 0.717) is 19.8 Å². The van der Waals surface area contributed by atoms with Gasteiger partial charge in [-0.05, 0) is 24.6 Å². The van der Waals surface area contributed by atoms with E-state index < -0.39 is 0 Å². The van der Waals surface area contributed by atoms with E-state index in [1.165, 1.54) is 0 Å². The van der Waals surface area contributed by atoms with E-state index >= 15 is 0 Å². The van der Waals surface area contributed by atoms with Crippen molar-refractivity contribution >= 4 is 11.7 Å². The third-order valence-electron chi connectivity index (χ3n) is 3.54. The van der Waals surface area contributed by atoms with Crippen LogP contribution < -0.4 is 15.5 Å². The Morgan fingerprint density at radius 1 is 1.52 bits per heavy atom.